The molecular formula is C16H17N3O5. The average Bonchev–Trinajstić information content (AvgIpc) is 3.04. The molecule has 1 amide bonds. The Morgan fingerprint density at radius 3 is 3.00 bits per heavy atom. The van der Waals surface area contributed by atoms with Gasteiger partial charge in [-0.3, -0.25) is 9.59 Å². The molecule has 1 N–H and O–H groups in total. The Morgan fingerprint density at radius 2 is 2.12 bits per heavy atom. The van der Waals surface area contributed by atoms with Crippen molar-refractivity contribution < 1.29 is 19.0 Å². The Labute approximate surface area is 138 Å². The van der Waals surface area contributed by atoms with Gasteiger partial charge in [-0.2, -0.15) is 5.10 Å². The van der Waals surface area contributed by atoms with E-state index in [0.717, 1.165) is 5.69 Å². The molecule has 1 aliphatic rings. The van der Waals surface area contributed by atoms with E-state index in [1.807, 2.05) is 0 Å². The van der Waals surface area contributed by atoms with Gasteiger partial charge >= 0.3 is 0 Å². The van der Waals surface area contributed by atoms with E-state index in [9.17, 15) is 9.59 Å². The van der Waals surface area contributed by atoms with Crippen molar-refractivity contribution >= 4 is 5.91 Å². The Morgan fingerprint density at radius 1 is 1.29 bits per heavy atom. The first-order valence-corrected chi connectivity index (χ1v) is 7.46. The van der Waals surface area contributed by atoms with E-state index in [1.165, 1.54) is 10.7 Å². The molecule has 0 fully saturated rings. The molecule has 126 valence electrons. The van der Waals surface area contributed by atoms with Gasteiger partial charge in [-0.25, -0.2) is 4.68 Å². The highest BCUT2D eigenvalue weighted by atomic mass is 16.7. The van der Waals surface area contributed by atoms with Gasteiger partial charge < -0.3 is 19.5 Å². The number of ether oxygens (including phenoxy) is 3. The number of hydrogen-bond acceptors (Lipinski definition) is 6. The summed E-state index contributed by atoms with van der Waals surface area (Å²) in [5.41, 5.74) is 0.540. The second-order valence-electron chi connectivity index (χ2n) is 5.19. The van der Waals surface area contributed by atoms with Gasteiger partial charge in [0.25, 0.3) is 11.5 Å². The van der Waals surface area contributed by atoms with Crippen LogP contribution in [-0.2, 0) is 11.3 Å². The Balaban J connectivity index is 1.44. The number of aromatic nitrogens is 2. The number of hydrogen-bond donors (Lipinski definition) is 1. The zero-order valence-electron chi connectivity index (χ0n) is 13.2. The molecule has 0 saturated heterocycles. The monoisotopic (exact) mass is 331 g/mol. The van der Waals surface area contributed by atoms with E-state index in [-0.39, 0.29) is 24.9 Å². The Kier molecular flexibility index (Phi) is 4.64. The quantitative estimate of drug-likeness (QED) is 0.828. The van der Waals surface area contributed by atoms with E-state index in [4.69, 9.17) is 14.2 Å². The average molecular weight is 331 g/mol. The number of aryl methyl sites for hydroxylation is 1. The van der Waals surface area contributed by atoms with Crippen LogP contribution in [0.4, 0.5) is 0 Å². The predicted molar refractivity (Wildman–Crippen MR) is 84.3 cm³/mol. The smallest absolute Gasteiger partial charge is 0.266 e. The van der Waals surface area contributed by atoms with Crippen molar-refractivity contribution in [2.24, 2.45) is 0 Å². The molecule has 0 atom stereocenters. The number of carbonyl (C=O) groups excluding carboxylic acids is 1. The molecule has 0 aliphatic carbocycles. The summed E-state index contributed by atoms with van der Waals surface area (Å²) in [4.78, 5) is 23.4. The van der Waals surface area contributed by atoms with E-state index in [2.05, 4.69) is 10.4 Å². The van der Waals surface area contributed by atoms with E-state index in [0.29, 0.717) is 30.3 Å². The van der Waals surface area contributed by atoms with Crippen LogP contribution in [0.25, 0.3) is 0 Å². The highest BCUT2D eigenvalue weighted by Gasteiger charge is 2.14. The summed E-state index contributed by atoms with van der Waals surface area (Å²) in [6.07, 6.45) is 0. The largest absolute Gasteiger partial charge is 0.484 e. The number of fused-ring (bicyclic) bond motifs is 1. The summed E-state index contributed by atoms with van der Waals surface area (Å²) < 4.78 is 17.2. The number of nitrogens with zero attached hydrogens (tertiary/aromatic N) is 2. The standard InChI is InChI=1S/C16H17N3O5/c1-11-2-5-16(21)19(18-11)7-6-17-15(20)9-22-12-3-4-13-14(8-12)24-10-23-13/h2-5,8H,6-7,9-10H2,1H3,(H,17,20). The van der Waals surface area contributed by atoms with Crippen LogP contribution in [0, 0.1) is 6.92 Å². The molecule has 1 aromatic heterocycles. The zero-order chi connectivity index (χ0) is 16.9. The normalized spacial score (nSPS) is 12.0. The van der Waals surface area contributed by atoms with Crippen molar-refractivity contribution in [2.75, 3.05) is 19.9 Å². The van der Waals surface area contributed by atoms with Crippen LogP contribution in [0.15, 0.2) is 35.1 Å². The van der Waals surface area contributed by atoms with Gasteiger partial charge in [-0.1, -0.05) is 0 Å². The highest BCUT2D eigenvalue weighted by Crippen LogP contribution is 2.34. The Hall–Kier alpha value is -3.03. The van der Waals surface area contributed by atoms with Gasteiger partial charge in [0.15, 0.2) is 18.1 Å². The summed E-state index contributed by atoms with van der Waals surface area (Å²) in [5, 5.41) is 6.77. The van der Waals surface area contributed by atoms with Crippen LogP contribution in [0.2, 0.25) is 0 Å². The number of nitrogens with one attached hydrogen (secondary N) is 1. The number of carbonyl (C=O) groups is 1. The molecule has 8 heteroatoms. The highest BCUT2D eigenvalue weighted by molar-refractivity contribution is 5.77. The lowest BCUT2D eigenvalue weighted by Crippen LogP contribution is -2.34. The van der Waals surface area contributed by atoms with Gasteiger partial charge in [-0.15, -0.1) is 0 Å². The third kappa shape index (κ3) is 3.83. The number of benzene rings is 1. The summed E-state index contributed by atoms with van der Waals surface area (Å²) in [6.45, 7) is 2.45. The van der Waals surface area contributed by atoms with E-state index in [1.54, 1.807) is 31.2 Å². The van der Waals surface area contributed by atoms with Crippen LogP contribution in [0.5, 0.6) is 17.2 Å². The van der Waals surface area contributed by atoms with Crippen LogP contribution < -0.4 is 25.1 Å². The molecule has 3 rings (SSSR count). The molecule has 0 unspecified atom stereocenters. The molecular weight excluding hydrogens is 314 g/mol. The summed E-state index contributed by atoms with van der Waals surface area (Å²) >= 11 is 0. The summed E-state index contributed by atoms with van der Waals surface area (Å²) in [5.74, 6) is 1.49. The van der Waals surface area contributed by atoms with Gasteiger partial charge in [0.1, 0.15) is 5.75 Å². The van der Waals surface area contributed by atoms with Crippen molar-refractivity contribution in [1.82, 2.24) is 15.1 Å². The molecule has 0 saturated carbocycles. The molecule has 1 aliphatic heterocycles. The minimum Gasteiger partial charge on any atom is -0.484 e. The van der Waals surface area contributed by atoms with Crippen molar-refractivity contribution in [1.29, 1.82) is 0 Å². The third-order valence-corrected chi connectivity index (χ3v) is 3.36. The van der Waals surface area contributed by atoms with Gasteiger partial charge in [-0.05, 0) is 25.1 Å². The van der Waals surface area contributed by atoms with Crippen molar-refractivity contribution in [3.05, 3.63) is 46.4 Å². The van der Waals surface area contributed by atoms with Crippen molar-refractivity contribution in [2.45, 2.75) is 13.5 Å². The zero-order valence-corrected chi connectivity index (χ0v) is 13.2. The van der Waals surface area contributed by atoms with Crippen molar-refractivity contribution in [3.63, 3.8) is 0 Å². The molecule has 1 aromatic carbocycles. The van der Waals surface area contributed by atoms with Gasteiger partial charge in [0.05, 0.1) is 12.2 Å². The maximum atomic E-state index is 11.8. The first-order valence-electron chi connectivity index (χ1n) is 7.46. The third-order valence-electron chi connectivity index (χ3n) is 3.36. The summed E-state index contributed by atoms with van der Waals surface area (Å²) in [6, 6.07) is 8.21. The first kappa shape index (κ1) is 15.9. The maximum absolute atomic E-state index is 11.8. The summed E-state index contributed by atoms with van der Waals surface area (Å²) in [7, 11) is 0. The lowest BCUT2D eigenvalue weighted by Gasteiger charge is -2.09. The Bertz CT molecular complexity index is 803. The maximum Gasteiger partial charge on any atom is 0.266 e. The molecule has 8 nitrogen and oxygen atoms in total. The molecule has 2 heterocycles. The second kappa shape index (κ2) is 7.03. The predicted octanol–water partition coefficient (Wildman–Crippen LogP) is 0.476. The van der Waals surface area contributed by atoms with Crippen LogP contribution >= 0.6 is 0 Å². The molecule has 0 spiro atoms. The minimum atomic E-state index is -0.284. The second-order valence-corrected chi connectivity index (χ2v) is 5.19. The first-order chi connectivity index (χ1) is 11.6. The molecule has 24 heavy (non-hydrogen) atoms. The number of amides is 1. The fourth-order valence-corrected chi connectivity index (χ4v) is 2.18. The topological polar surface area (TPSA) is 91.7 Å². The molecule has 2 aromatic rings. The van der Waals surface area contributed by atoms with E-state index < -0.39 is 0 Å². The lowest BCUT2D eigenvalue weighted by atomic mass is 10.3. The van der Waals surface area contributed by atoms with Crippen LogP contribution in [0.3, 0.4) is 0 Å². The fraction of sp³-hybridized carbons (Fsp3) is 0.312. The molecule has 0 radical (unpaired) electrons. The van der Waals surface area contributed by atoms with Gasteiger partial charge in [0.2, 0.25) is 6.79 Å². The minimum absolute atomic E-state index is 0.129. The number of rotatable bonds is 6. The van der Waals surface area contributed by atoms with Crippen molar-refractivity contribution in [3.8, 4) is 17.2 Å². The molecule has 0 bridgehead atoms. The van der Waals surface area contributed by atoms with Crippen LogP contribution in [-0.4, -0.2) is 35.6 Å². The fourth-order valence-electron chi connectivity index (χ4n) is 2.18. The SMILES string of the molecule is Cc1ccc(=O)n(CCNC(=O)COc2ccc3c(c2)OCO3)n1. The van der Waals surface area contributed by atoms with Crippen LogP contribution in [0.1, 0.15) is 5.69 Å². The van der Waals surface area contributed by atoms with Gasteiger partial charge in [0, 0.05) is 18.7 Å². The van der Waals surface area contributed by atoms with E-state index >= 15 is 0 Å². The lowest BCUT2D eigenvalue weighted by molar-refractivity contribution is -0.123.